The zero-order valence-corrected chi connectivity index (χ0v) is 10.5. The van der Waals surface area contributed by atoms with Crippen molar-refractivity contribution >= 4 is 17.4 Å². The molecule has 15 heavy (non-hydrogen) atoms. The summed E-state index contributed by atoms with van der Waals surface area (Å²) in [5.74, 6) is 0.461. The first-order chi connectivity index (χ1) is 6.86. The lowest BCUT2D eigenvalue weighted by Crippen LogP contribution is -2.26. The van der Waals surface area contributed by atoms with Crippen molar-refractivity contribution in [1.29, 1.82) is 0 Å². The molecule has 0 radical (unpaired) electrons. The van der Waals surface area contributed by atoms with Crippen LogP contribution < -0.4 is 0 Å². The molecule has 1 nitrogen and oxygen atoms in total. The molecule has 1 rings (SSSR count). The number of ketones is 1. The SMILES string of the molecule is Cc1cc(C)cc(C(=O)C(C)(C)CCl)c1. The Kier molecular flexibility index (Phi) is 3.56. The van der Waals surface area contributed by atoms with Crippen molar-refractivity contribution < 1.29 is 4.79 Å². The van der Waals surface area contributed by atoms with Crippen molar-refractivity contribution in [2.75, 3.05) is 5.88 Å². The molecular formula is C13H17ClO. The molecule has 0 aliphatic rings. The number of carbonyl (C=O) groups is 1. The minimum Gasteiger partial charge on any atom is -0.294 e. The number of halogens is 1. The third-order valence-electron chi connectivity index (χ3n) is 2.43. The van der Waals surface area contributed by atoms with Crippen molar-refractivity contribution in [2.24, 2.45) is 5.41 Å². The summed E-state index contributed by atoms with van der Waals surface area (Å²) in [7, 11) is 0. The molecule has 0 spiro atoms. The second-order valence-electron chi connectivity index (χ2n) is 4.72. The number of Topliss-reactive ketones (excluding diaryl/α,β-unsaturated/α-hetero) is 1. The first-order valence-corrected chi connectivity index (χ1v) is 5.59. The van der Waals surface area contributed by atoms with E-state index in [0.717, 1.165) is 16.7 Å². The zero-order valence-electron chi connectivity index (χ0n) is 9.73. The van der Waals surface area contributed by atoms with Gasteiger partial charge in [0, 0.05) is 16.9 Å². The van der Waals surface area contributed by atoms with Crippen LogP contribution in [0.1, 0.15) is 35.3 Å². The van der Waals surface area contributed by atoms with Gasteiger partial charge in [-0.05, 0) is 26.0 Å². The largest absolute Gasteiger partial charge is 0.294 e. The fraction of sp³-hybridized carbons (Fsp3) is 0.462. The van der Waals surface area contributed by atoms with Gasteiger partial charge in [-0.25, -0.2) is 0 Å². The van der Waals surface area contributed by atoms with Gasteiger partial charge in [0.15, 0.2) is 5.78 Å². The molecule has 0 atom stereocenters. The summed E-state index contributed by atoms with van der Waals surface area (Å²) < 4.78 is 0. The lowest BCUT2D eigenvalue weighted by Gasteiger charge is -2.20. The average molecular weight is 225 g/mol. The molecule has 0 N–H and O–H groups in total. The average Bonchev–Trinajstić information content (AvgIpc) is 2.15. The summed E-state index contributed by atoms with van der Waals surface area (Å²) in [5.41, 5.74) is 2.51. The van der Waals surface area contributed by atoms with E-state index in [1.54, 1.807) is 0 Å². The van der Waals surface area contributed by atoms with E-state index in [9.17, 15) is 4.79 Å². The number of rotatable bonds is 3. The van der Waals surface area contributed by atoms with Crippen LogP contribution >= 0.6 is 11.6 Å². The summed E-state index contributed by atoms with van der Waals surface area (Å²) in [6.45, 7) is 7.74. The molecule has 0 aliphatic carbocycles. The lowest BCUT2D eigenvalue weighted by molar-refractivity contribution is 0.0862. The van der Waals surface area contributed by atoms with Crippen molar-refractivity contribution in [3.05, 3.63) is 34.9 Å². The molecule has 0 amide bonds. The smallest absolute Gasteiger partial charge is 0.169 e. The van der Waals surface area contributed by atoms with Crippen LogP contribution in [-0.2, 0) is 0 Å². The van der Waals surface area contributed by atoms with Crippen LogP contribution in [0.15, 0.2) is 18.2 Å². The first kappa shape index (κ1) is 12.3. The second kappa shape index (κ2) is 4.36. The van der Waals surface area contributed by atoms with Gasteiger partial charge in [-0.2, -0.15) is 0 Å². The molecule has 0 bridgehead atoms. The van der Waals surface area contributed by atoms with Crippen molar-refractivity contribution in [2.45, 2.75) is 27.7 Å². The molecule has 0 aliphatic heterocycles. The second-order valence-corrected chi connectivity index (χ2v) is 4.99. The third-order valence-corrected chi connectivity index (χ3v) is 3.10. The van der Waals surface area contributed by atoms with Crippen LogP contribution in [-0.4, -0.2) is 11.7 Å². The maximum atomic E-state index is 12.1. The Morgan fingerprint density at radius 2 is 1.67 bits per heavy atom. The maximum Gasteiger partial charge on any atom is 0.169 e. The van der Waals surface area contributed by atoms with Gasteiger partial charge < -0.3 is 0 Å². The number of alkyl halides is 1. The standard InChI is InChI=1S/C13H17ClO/c1-9-5-10(2)7-11(6-9)12(15)13(3,4)8-14/h5-7H,8H2,1-4H3. The van der Waals surface area contributed by atoms with E-state index < -0.39 is 5.41 Å². The fourth-order valence-electron chi connectivity index (χ4n) is 1.56. The summed E-state index contributed by atoms with van der Waals surface area (Å²) in [6, 6.07) is 5.90. The molecule has 82 valence electrons. The van der Waals surface area contributed by atoms with Crippen LogP contribution in [0, 0.1) is 19.3 Å². The zero-order chi connectivity index (χ0) is 11.6. The van der Waals surface area contributed by atoms with Gasteiger partial charge in [0.25, 0.3) is 0 Å². The van der Waals surface area contributed by atoms with Crippen molar-refractivity contribution in [1.82, 2.24) is 0 Å². The Hall–Kier alpha value is -0.820. The molecule has 1 aromatic rings. The number of aryl methyl sites for hydroxylation is 2. The molecule has 0 aromatic heterocycles. The first-order valence-electron chi connectivity index (χ1n) is 5.06. The van der Waals surface area contributed by atoms with E-state index in [1.807, 2.05) is 39.8 Å². The molecule has 0 fully saturated rings. The van der Waals surface area contributed by atoms with Crippen molar-refractivity contribution in [3.8, 4) is 0 Å². The van der Waals surface area contributed by atoms with Crippen LogP contribution in [0.5, 0.6) is 0 Å². The highest BCUT2D eigenvalue weighted by Crippen LogP contribution is 2.24. The maximum absolute atomic E-state index is 12.1. The van der Waals surface area contributed by atoms with Gasteiger partial charge in [-0.15, -0.1) is 11.6 Å². The van der Waals surface area contributed by atoms with E-state index in [1.165, 1.54) is 0 Å². The highest BCUT2D eigenvalue weighted by molar-refractivity contribution is 6.21. The number of hydrogen-bond donors (Lipinski definition) is 0. The topological polar surface area (TPSA) is 17.1 Å². The van der Waals surface area contributed by atoms with E-state index in [2.05, 4.69) is 6.07 Å². The molecule has 0 saturated heterocycles. The quantitative estimate of drug-likeness (QED) is 0.565. The van der Waals surface area contributed by atoms with E-state index in [0.29, 0.717) is 5.88 Å². The van der Waals surface area contributed by atoms with Crippen LogP contribution in [0.4, 0.5) is 0 Å². The van der Waals surface area contributed by atoms with Gasteiger partial charge in [-0.3, -0.25) is 4.79 Å². The number of hydrogen-bond acceptors (Lipinski definition) is 1. The monoisotopic (exact) mass is 224 g/mol. The Morgan fingerprint density at radius 3 is 2.07 bits per heavy atom. The molecule has 0 unspecified atom stereocenters. The lowest BCUT2D eigenvalue weighted by atomic mass is 9.85. The molecule has 1 aromatic carbocycles. The molecular weight excluding hydrogens is 208 g/mol. The fourth-order valence-corrected chi connectivity index (χ4v) is 1.68. The molecule has 0 heterocycles. The van der Waals surface area contributed by atoms with Crippen LogP contribution in [0.25, 0.3) is 0 Å². The Bertz CT molecular complexity index is 360. The third kappa shape index (κ3) is 2.82. The predicted octanol–water partition coefficient (Wildman–Crippen LogP) is 3.75. The van der Waals surface area contributed by atoms with Gasteiger partial charge >= 0.3 is 0 Å². The van der Waals surface area contributed by atoms with Gasteiger partial charge in [0.05, 0.1) is 0 Å². The van der Waals surface area contributed by atoms with Gasteiger partial charge in [-0.1, -0.05) is 31.0 Å². The number of carbonyl (C=O) groups excluding carboxylic acids is 1. The highest BCUT2D eigenvalue weighted by Gasteiger charge is 2.27. The predicted molar refractivity (Wildman–Crippen MR) is 64.7 cm³/mol. The summed E-state index contributed by atoms with van der Waals surface area (Å²) in [6.07, 6.45) is 0. The van der Waals surface area contributed by atoms with Crippen molar-refractivity contribution in [3.63, 3.8) is 0 Å². The Labute approximate surface area is 96.5 Å². The normalized spacial score (nSPS) is 11.5. The minimum atomic E-state index is -0.484. The number of benzene rings is 1. The Balaban J connectivity index is 3.12. The molecule has 0 saturated carbocycles. The summed E-state index contributed by atoms with van der Waals surface area (Å²) >= 11 is 5.80. The van der Waals surface area contributed by atoms with E-state index in [4.69, 9.17) is 11.6 Å². The highest BCUT2D eigenvalue weighted by atomic mass is 35.5. The summed E-state index contributed by atoms with van der Waals surface area (Å²) in [5, 5.41) is 0. The van der Waals surface area contributed by atoms with Crippen LogP contribution in [0.2, 0.25) is 0 Å². The minimum absolute atomic E-state index is 0.115. The van der Waals surface area contributed by atoms with E-state index in [-0.39, 0.29) is 5.78 Å². The summed E-state index contributed by atoms with van der Waals surface area (Å²) in [4.78, 5) is 12.1. The van der Waals surface area contributed by atoms with E-state index >= 15 is 0 Å². The van der Waals surface area contributed by atoms with Gasteiger partial charge in [0.1, 0.15) is 0 Å². The van der Waals surface area contributed by atoms with Crippen LogP contribution in [0.3, 0.4) is 0 Å². The van der Waals surface area contributed by atoms with Gasteiger partial charge in [0.2, 0.25) is 0 Å². The Morgan fingerprint density at radius 1 is 1.20 bits per heavy atom. The molecule has 2 heteroatoms.